The highest BCUT2D eigenvalue weighted by Gasteiger charge is 2.23. The topological polar surface area (TPSA) is 106 Å². The Morgan fingerprint density at radius 3 is 2.36 bits per heavy atom. The van der Waals surface area contributed by atoms with Crippen LogP contribution in [0.15, 0.2) is 29.2 Å². The summed E-state index contributed by atoms with van der Waals surface area (Å²) >= 11 is 5.56. The normalized spacial score (nSPS) is 12.8. The lowest BCUT2D eigenvalue weighted by molar-refractivity contribution is -0.384. The van der Waals surface area contributed by atoms with Gasteiger partial charge in [0.1, 0.15) is 5.78 Å². The van der Waals surface area contributed by atoms with Gasteiger partial charge in [0.05, 0.1) is 15.9 Å². The molecular formula is C13H17ClN2O5S. The lowest BCUT2D eigenvalue weighted by Crippen LogP contribution is -2.39. The molecule has 122 valence electrons. The Hall–Kier alpha value is -1.51. The molecule has 1 aromatic carbocycles. The maximum absolute atomic E-state index is 12.2. The van der Waals surface area contributed by atoms with Crippen molar-refractivity contribution in [2.24, 2.45) is 0 Å². The Labute approximate surface area is 133 Å². The van der Waals surface area contributed by atoms with Gasteiger partial charge in [0.15, 0.2) is 0 Å². The molecule has 22 heavy (non-hydrogen) atoms. The molecule has 0 spiro atoms. The third-order valence-electron chi connectivity index (χ3n) is 3.02. The minimum absolute atomic E-state index is 0.123. The molecule has 1 N–H and O–H groups in total. The number of halogens is 1. The molecule has 9 heteroatoms. The Morgan fingerprint density at radius 1 is 1.32 bits per heavy atom. The van der Waals surface area contributed by atoms with Crippen molar-refractivity contribution in [3.8, 4) is 0 Å². The summed E-state index contributed by atoms with van der Waals surface area (Å²) in [5, 5.41) is 10.6. The molecule has 1 rings (SSSR count). The number of unbranched alkanes of at least 4 members (excludes halogenated alkanes) is 1. The number of non-ortho nitro benzene ring substituents is 1. The lowest BCUT2D eigenvalue weighted by atomic mass is 10.1. The first-order valence-corrected chi connectivity index (χ1v) is 8.63. The molecule has 7 nitrogen and oxygen atoms in total. The molecule has 0 heterocycles. The van der Waals surface area contributed by atoms with Crippen LogP contribution in [0.3, 0.4) is 0 Å². The van der Waals surface area contributed by atoms with Gasteiger partial charge in [0.2, 0.25) is 10.0 Å². The summed E-state index contributed by atoms with van der Waals surface area (Å²) in [6, 6.07) is 3.64. The zero-order valence-electron chi connectivity index (χ0n) is 12.0. The van der Waals surface area contributed by atoms with Crippen molar-refractivity contribution in [3.63, 3.8) is 0 Å². The minimum Gasteiger partial charge on any atom is -0.298 e. The van der Waals surface area contributed by atoms with Crippen molar-refractivity contribution in [1.82, 2.24) is 4.72 Å². The van der Waals surface area contributed by atoms with Crippen molar-refractivity contribution in [3.05, 3.63) is 34.4 Å². The molecule has 0 aromatic heterocycles. The van der Waals surface area contributed by atoms with Crippen LogP contribution in [0.5, 0.6) is 0 Å². The fourth-order valence-electron chi connectivity index (χ4n) is 1.79. The molecule has 1 aromatic rings. The summed E-state index contributed by atoms with van der Waals surface area (Å²) in [4.78, 5) is 21.4. The van der Waals surface area contributed by atoms with Gasteiger partial charge >= 0.3 is 0 Å². The molecule has 1 atom stereocenters. The minimum atomic E-state index is -3.91. The second-order valence-electron chi connectivity index (χ2n) is 4.72. The number of nitrogens with one attached hydrogen (secondary N) is 1. The first-order valence-electron chi connectivity index (χ1n) is 6.61. The van der Waals surface area contributed by atoms with Gasteiger partial charge < -0.3 is 0 Å². The first kappa shape index (κ1) is 18.5. The predicted octanol–water partition coefficient (Wildman–Crippen LogP) is 2.24. The summed E-state index contributed by atoms with van der Waals surface area (Å²) in [6.45, 7) is 1.31. The number of rotatable bonds is 9. The average molecular weight is 349 g/mol. The van der Waals surface area contributed by atoms with E-state index in [4.69, 9.17) is 11.6 Å². The van der Waals surface area contributed by atoms with Crippen LogP contribution in [0.1, 0.15) is 26.2 Å². The van der Waals surface area contributed by atoms with E-state index in [-0.39, 0.29) is 16.4 Å². The van der Waals surface area contributed by atoms with Crippen LogP contribution in [-0.2, 0) is 14.8 Å². The van der Waals surface area contributed by atoms with Crippen molar-refractivity contribution in [2.45, 2.75) is 37.1 Å². The van der Waals surface area contributed by atoms with Gasteiger partial charge in [0.25, 0.3) is 5.69 Å². The lowest BCUT2D eigenvalue weighted by Gasteiger charge is -2.15. The number of ketones is 1. The van der Waals surface area contributed by atoms with Gasteiger partial charge in [-0.2, -0.15) is 0 Å². The quantitative estimate of drug-likeness (QED) is 0.319. The number of hydrogen-bond donors (Lipinski definition) is 1. The second kappa shape index (κ2) is 8.21. The maximum atomic E-state index is 12.2. The van der Waals surface area contributed by atoms with E-state index >= 15 is 0 Å². The Kier molecular flexibility index (Phi) is 6.92. The SMILES string of the molecule is CC(=O)[C@@H](CCCCCl)NS(=O)(=O)c1ccc([N+](=O)[O-])cc1. The smallest absolute Gasteiger partial charge is 0.269 e. The summed E-state index contributed by atoms with van der Waals surface area (Å²) in [5.41, 5.74) is -0.204. The van der Waals surface area contributed by atoms with E-state index in [0.29, 0.717) is 25.1 Å². The summed E-state index contributed by atoms with van der Waals surface area (Å²) in [5.74, 6) is 0.153. The molecular weight excluding hydrogens is 332 g/mol. The molecule has 0 bridgehead atoms. The van der Waals surface area contributed by atoms with Crippen LogP contribution in [0, 0.1) is 10.1 Å². The second-order valence-corrected chi connectivity index (χ2v) is 6.81. The van der Waals surface area contributed by atoms with E-state index in [1.165, 1.54) is 6.92 Å². The predicted molar refractivity (Wildman–Crippen MR) is 82.5 cm³/mol. The standard InChI is InChI=1S/C13H17ClN2O5S/c1-10(17)13(4-2-3-9-14)15-22(20,21)12-7-5-11(6-8-12)16(18)19/h5-8,13,15H,2-4,9H2,1H3/t13-/m1/s1. The molecule has 0 aliphatic heterocycles. The van der Waals surface area contributed by atoms with Crippen LogP contribution in [0.25, 0.3) is 0 Å². The van der Waals surface area contributed by atoms with Crippen LogP contribution in [-0.4, -0.2) is 31.0 Å². The molecule has 0 saturated heterocycles. The number of nitro benzene ring substituents is 1. The third kappa shape index (κ3) is 5.36. The van der Waals surface area contributed by atoms with E-state index < -0.39 is 21.0 Å². The van der Waals surface area contributed by atoms with Gasteiger partial charge in [0, 0.05) is 18.0 Å². The van der Waals surface area contributed by atoms with Crippen molar-refractivity contribution in [1.29, 1.82) is 0 Å². The molecule has 0 saturated carbocycles. The van der Waals surface area contributed by atoms with Crippen LogP contribution in [0.2, 0.25) is 0 Å². The summed E-state index contributed by atoms with van der Waals surface area (Å²) in [7, 11) is -3.91. The highest BCUT2D eigenvalue weighted by molar-refractivity contribution is 7.89. The van der Waals surface area contributed by atoms with E-state index in [1.807, 2.05) is 0 Å². The summed E-state index contributed by atoms with van der Waals surface area (Å²) < 4.78 is 26.7. The number of alkyl halides is 1. The molecule has 0 radical (unpaired) electrons. The Balaban J connectivity index is 2.87. The number of nitro groups is 1. The molecule has 0 amide bonds. The van der Waals surface area contributed by atoms with Crippen LogP contribution >= 0.6 is 11.6 Å². The van der Waals surface area contributed by atoms with Crippen molar-refractivity contribution in [2.75, 3.05) is 5.88 Å². The van der Waals surface area contributed by atoms with Gasteiger partial charge in [-0.15, -0.1) is 11.6 Å². The third-order valence-corrected chi connectivity index (χ3v) is 4.78. The van der Waals surface area contributed by atoms with Gasteiger partial charge in [-0.1, -0.05) is 6.42 Å². The molecule has 0 aliphatic carbocycles. The molecule has 0 fully saturated rings. The number of carbonyl (C=O) groups is 1. The van der Waals surface area contributed by atoms with Crippen molar-refractivity contribution < 1.29 is 18.1 Å². The number of carbonyl (C=O) groups excluding carboxylic acids is 1. The number of hydrogen-bond acceptors (Lipinski definition) is 5. The maximum Gasteiger partial charge on any atom is 0.269 e. The van der Waals surface area contributed by atoms with Crippen LogP contribution in [0.4, 0.5) is 5.69 Å². The Morgan fingerprint density at radius 2 is 1.91 bits per heavy atom. The van der Waals surface area contributed by atoms with Gasteiger partial charge in [-0.25, -0.2) is 13.1 Å². The zero-order valence-corrected chi connectivity index (χ0v) is 13.6. The Bertz CT molecular complexity index is 630. The highest BCUT2D eigenvalue weighted by Crippen LogP contribution is 2.16. The van der Waals surface area contributed by atoms with Gasteiger partial charge in [-0.05, 0) is 31.9 Å². The summed E-state index contributed by atoms with van der Waals surface area (Å²) in [6.07, 6.45) is 1.66. The number of sulfonamides is 1. The fraction of sp³-hybridized carbons (Fsp3) is 0.462. The van der Waals surface area contributed by atoms with Gasteiger partial charge in [-0.3, -0.25) is 14.9 Å². The zero-order chi connectivity index (χ0) is 16.8. The fourth-order valence-corrected chi connectivity index (χ4v) is 3.27. The van der Waals surface area contributed by atoms with E-state index in [2.05, 4.69) is 4.72 Å². The molecule has 0 unspecified atom stereocenters. The largest absolute Gasteiger partial charge is 0.298 e. The number of benzene rings is 1. The van der Waals surface area contributed by atoms with Crippen molar-refractivity contribution >= 4 is 33.1 Å². The highest BCUT2D eigenvalue weighted by atomic mass is 35.5. The van der Waals surface area contributed by atoms with E-state index in [0.717, 1.165) is 24.3 Å². The van der Waals surface area contributed by atoms with E-state index in [1.54, 1.807) is 0 Å². The first-order chi connectivity index (χ1) is 10.3. The van der Waals surface area contributed by atoms with E-state index in [9.17, 15) is 23.3 Å². The average Bonchev–Trinajstić information content (AvgIpc) is 2.46. The van der Waals surface area contributed by atoms with Crippen LogP contribution < -0.4 is 4.72 Å². The monoisotopic (exact) mass is 348 g/mol. The number of nitrogens with zero attached hydrogens (tertiary/aromatic N) is 1. The number of Topliss-reactive ketones (excluding diaryl/α,β-unsaturated/α-hetero) is 1. The molecule has 0 aliphatic rings.